The molecule has 9 heteroatoms. The zero-order valence-electron chi connectivity index (χ0n) is 19.2. The lowest BCUT2D eigenvalue weighted by atomic mass is 9.98. The minimum atomic E-state index is -0.534. The molecule has 0 aliphatic carbocycles. The average molecular weight is 492 g/mol. The van der Waals surface area contributed by atoms with Crippen LogP contribution >= 0.6 is 22.9 Å². The second-order valence-electron chi connectivity index (χ2n) is 9.14. The van der Waals surface area contributed by atoms with Crippen molar-refractivity contribution in [3.8, 4) is 0 Å². The molecule has 33 heavy (non-hydrogen) atoms. The van der Waals surface area contributed by atoms with Crippen molar-refractivity contribution in [2.75, 3.05) is 19.6 Å². The summed E-state index contributed by atoms with van der Waals surface area (Å²) in [6, 6.07) is 7.18. The summed E-state index contributed by atoms with van der Waals surface area (Å²) in [4.78, 5) is 40.7. The molecule has 3 N–H and O–H groups in total. The number of Topliss-reactive ketones (excluding diaryl/α,β-unsaturated/α-hetero) is 1. The number of hydrogen-bond donors (Lipinski definition) is 2. The van der Waals surface area contributed by atoms with Gasteiger partial charge >= 0.3 is 6.09 Å². The molecule has 2 heterocycles. The summed E-state index contributed by atoms with van der Waals surface area (Å²) in [7, 11) is 0. The Morgan fingerprint density at radius 3 is 2.52 bits per heavy atom. The number of hydrogen-bond acceptors (Lipinski definition) is 6. The van der Waals surface area contributed by atoms with E-state index in [1.807, 2.05) is 32.9 Å². The van der Waals surface area contributed by atoms with Crippen molar-refractivity contribution < 1.29 is 19.1 Å². The van der Waals surface area contributed by atoms with Crippen LogP contribution in [-0.2, 0) is 35.3 Å². The molecule has 0 saturated carbocycles. The standard InChI is InChI=1S/C24H30ClN3O4S/c1-24(2,3)32-23(31)27-9-11-28-10-8-18-20(14-28)33-19(21(18)22(26)30)13-17(29)12-15-4-6-16(25)7-5-15/h4-7H,8-14H2,1-3H3,(H2,26,30)(H,27,31). The monoisotopic (exact) mass is 491 g/mol. The number of fused-ring (bicyclic) bond motifs is 1. The lowest BCUT2D eigenvalue weighted by Gasteiger charge is -2.27. The van der Waals surface area contributed by atoms with Crippen LogP contribution in [0.2, 0.25) is 5.02 Å². The SMILES string of the molecule is CC(C)(C)OC(=O)NCCN1CCc2c(sc(CC(=O)Cc3ccc(Cl)cc3)c2C(N)=O)C1. The third-order valence-corrected chi connectivity index (χ3v) is 6.69. The van der Waals surface area contributed by atoms with Crippen LogP contribution in [0.1, 0.15) is 52.0 Å². The molecule has 0 fully saturated rings. The van der Waals surface area contributed by atoms with Gasteiger partial charge in [0, 0.05) is 53.8 Å². The Bertz CT molecular complexity index is 1030. The van der Waals surface area contributed by atoms with Gasteiger partial charge in [-0.3, -0.25) is 14.5 Å². The zero-order chi connectivity index (χ0) is 24.2. The van der Waals surface area contributed by atoms with E-state index in [9.17, 15) is 14.4 Å². The van der Waals surface area contributed by atoms with Gasteiger partial charge in [-0.15, -0.1) is 11.3 Å². The average Bonchev–Trinajstić information content (AvgIpc) is 3.05. The number of alkyl carbamates (subject to hydrolysis) is 1. The minimum Gasteiger partial charge on any atom is -0.444 e. The highest BCUT2D eigenvalue weighted by Crippen LogP contribution is 2.33. The van der Waals surface area contributed by atoms with Crippen LogP contribution in [0.5, 0.6) is 0 Å². The number of nitrogens with one attached hydrogen (secondary N) is 1. The first-order chi connectivity index (χ1) is 15.5. The third kappa shape index (κ3) is 7.28. The summed E-state index contributed by atoms with van der Waals surface area (Å²) in [6.07, 6.45) is 0.704. The molecule has 0 saturated heterocycles. The Morgan fingerprint density at radius 1 is 1.18 bits per heavy atom. The lowest BCUT2D eigenvalue weighted by molar-refractivity contribution is -0.117. The second kappa shape index (κ2) is 10.7. The Morgan fingerprint density at radius 2 is 1.88 bits per heavy atom. The van der Waals surface area contributed by atoms with E-state index in [1.54, 1.807) is 12.1 Å². The van der Waals surface area contributed by atoms with Crippen molar-refractivity contribution in [2.24, 2.45) is 5.73 Å². The topological polar surface area (TPSA) is 102 Å². The number of nitrogens with two attached hydrogens (primary N) is 1. The van der Waals surface area contributed by atoms with Crippen molar-refractivity contribution in [1.82, 2.24) is 10.2 Å². The van der Waals surface area contributed by atoms with E-state index in [0.717, 1.165) is 27.4 Å². The fourth-order valence-electron chi connectivity index (χ4n) is 3.82. The van der Waals surface area contributed by atoms with E-state index >= 15 is 0 Å². The van der Waals surface area contributed by atoms with Crippen molar-refractivity contribution in [2.45, 2.75) is 52.2 Å². The number of rotatable bonds is 8. The summed E-state index contributed by atoms with van der Waals surface area (Å²) < 4.78 is 5.26. The number of ketones is 1. The molecule has 7 nitrogen and oxygen atoms in total. The largest absolute Gasteiger partial charge is 0.444 e. The molecule has 1 aliphatic rings. The number of carbonyl (C=O) groups is 3. The van der Waals surface area contributed by atoms with Crippen molar-refractivity contribution in [1.29, 1.82) is 0 Å². The van der Waals surface area contributed by atoms with Crippen LogP contribution in [0.15, 0.2) is 24.3 Å². The van der Waals surface area contributed by atoms with Crippen LogP contribution in [0.25, 0.3) is 0 Å². The zero-order valence-corrected chi connectivity index (χ0v) is 20.8. The highest BCUT2D eigenvalue weighted by molar-refractivity contribution is 7.12. The van der Waals surface area contributed by atoms with E-state index in [2.05, 4.69) is 10.2 Å². The van der Waals surface area contributed by atoms with E-state index in [4.69, 9.17) is 22.1 Å². The van der Waals surface area contributed by atoms with Gasteiger partial charge in [-0.2, -0.15) is 0 Å². The first-order valence-corrected chi connectivity index (χ1v) is 12.1. The number of thiophene rings is 1. The second-order valence-corrected chi connectivity index (χ2v) is 10.8. The normalized spacial score (nSPS) is 13.9. The van der Waals surface area contributed by atoms with E-state index in [0.29, 0.717) is 36.6 Å². The van der Waals surface area contributed by atoms with Gasteiger partial charge in [0.05, 0.1) is 5.56 Å². The third-order valence-electron chi connectivity index (χ3n) is 5.22. The molecule has 0 radical (unpaired) electrons. The van der Waals surface area contributed by atoms with E-state index in [-0.39, 0.29) is 18.6 Å². The van der Waals surface area contributed by atoms with Gasteiger partial charge < -0.3 is 15.8 Å². The number of ether oxygens (including phenoxy) is 1. The molecule has 0 atom stereocenters. The van der Waals surface area contributed by atoms with Crippen molar-refractivity contribution >= 4 is 40.7 Å². The smallest absolute Gasteiger partial charge is 0.407 e. The Hall–Kier alpha value is -2.42. The van der Waals surface area contributed by atoms with Crippen LogP contribution in [-0.4, -0.2) is 47.9 Å². The van der Waals surface area contributed by atoms with Gasteiger partial charge in [0.2, 0.25) is 5.91 Å². The molecule has 0 spiro atoms. The van der Waals surface area contributed by atoms with Gasteiger partial charge in [-0.25, -0.2) is 4.79 Å². The van der Waals surface area contributed by atoms with E-state index in [1.165, 1.54) is 11.3 Å². The predicted octanol–water partition coefficient (Wildman–Crippen LogP) is 3.74. The molecule has 1 aromatic carbocycles. The Labute approximate surface area is 203 Å². The summed E-state index contributed by atoms with van der Waals surface area (Å²) >= 11 is 7.40. The number of halogens is 1. The lowest BCUT2D eigenvalue weighted by Crippen LogP contribution is -2.39. The number of benzene rings is 1. The predicted molar refractivity (Wildman–Crippen MR) is 130 cm³/mol. The fourth-order valence-corrected chi connectivity index (χ4v) is 5.37. The molecule has 3 rings (SSSR count). The molecule has 0 bridgehead atoms. The highest BCUT2D eigenvalue weighted by Gasteiger charge is 2.27. The van der Waals surface area contributed by atoms with Crippen molar-refractivity contribution in [3.63, 3.8) is 0 Å². The highest BCUT2D eigenvalue weighted by atomic mass is 35.5. The number of primary amides is 1. The van der Waals surface area contributed by atoms with Crippen LogP contribution < -0.4 is 11.1 Å². The molecule has 0 unspecified atom stereocenters. The molecule has 178 valence electrons. The maximum absolute atomic E-state index is 12.7. The first-order valence-electron chi connectivity index (χ1n) is 10.9. The Kier molecular flexibility index (Phi) is 8.15. The van der Waals surface area contributed by atoms with Gasteiger partial charge in [0.1, 0.15) is 11.4 Å². The summed E-state index contributed by atoms with van der Waals surface area (Å²) in [5, 5.41) is 3.40. The number of nitrogens with zero attached hydrogens (tertiary/aromatic N) is 1. The van der Waals surface area contributed by atoms with Crippen molar-refractivity contribution in [3.05, 3.63) is 55.7 Å². The number of carbonyl (C=O) groups excluding carboxylic acids is 3. The van der Waals surface area contributed by atoms with Gasteiger partial charge in [0.15, 0.2) is 0 Å². The molecular weight excluding hydrogens is 462 g/mol. The van der Waals surface area contributed by atoms with E-state index < -0.39 is 17.6 Å². The maximum Gasteiger partial charge on any atom is 0.407 e. The summed E-state index contributed by atoms with van der Waals surface area (Å²) in [5.41, 5.74) is 7.51. The van der Waals surface area contributed by atoms with Gasteiger partial charge in [0.25, 0.3) is 0 Å². The first kappa shape index (κ1) is 25.2. The fraction of sp³-hybridized carbons (Fsp3) is 0.458. The summed E-state index contributed by atoms with van der Waals surface area (Å²) in [6.45, 7) is 7.99. The minimum absolute atomic E-state index is 0.0248. The number of amides is 2. The van der Waals surface area contributed by atoms with Crippen LogP contribution in [0.3, 0.4) is 0 Å². The maximum atomic E-state index is 12.7. The molecule has 1 aliphatic heterocycles. The molecule has 1 aromatic heterocycles. The quantitative estimate of drug-likeness (QED) is 0.585. The van der Waals surface area contributed by atoms with Crippen LogP contribution in [0, 0.1) is 0 Å². The Balaban J connectivity index is 1.61. The van der Waals surface area contributed by atoms with Gasteiger partial charge in [-0.05, 0) is 50.5 Å². The van der Waals surface area contributed by atoms with Crippen LogP contribution in [0.4, 0.5) is 4.79 Å². The summed E-state index contributed by atoms with van der Waals surface area (Å²) in [5.74, 6) is -0.460. The van der Waals surface area contributed by atoms with Gasteiger partial charge in [-0.1, -0.05) is 23.7 Å². The molecule has 2 amide bonds. The molecular formula is C24H30ClN3O4S. The molecule has 2 aromatic rings.